The van der Waals surface area contributed by atoms with Crippen molar-refractivity contribution in [2.45, 2.75) is 20.8 Å². The maximum absolute atomic E-state index is 12.4. The summed E-state index contributed by atoms with van der Waals surface area (Å²) in [6.45, 7) is 5.26. The standard InChI is InChI=1S/C22H22N2O5S/c1-12-6-7-13(2)16(8-12)23-22-24-21(26)19(30-22)11-15-9-17(27-4)20(29-14(3)25)18(10-15)28-5/h6-11H,1-5H3,(H,23,24,26)/b19-11-. The lowest BCUT2D eigenvalue weighted by molar-refractivity contribution is -0.132. The predicted molar refractivity (Wildman–Crippen MR) is 118 cm³/mol. The number of amidine groups is 1. The van der Waals surface area contributed by atoms with Gasteiger partial charge in [-0.25, -0.2) is 4.99 Å². The topological polar surface area (TPSA) is 86.2 Å². The molecule has 1 amide bonds. The van der Waals surface area contributed by atoms with Gasteiger partial charge in [-0.2, -0.15) is 0 Å². The summed E-state index contributed by atoms with van der Waals surface area (Å²) in [6.07, 6.45) is 1.70. The lowest BCUT2D eigenvalue weighted by Gasteiger charge is -2.13. The molecule has 1 N–H and O–H groups in total. The van der Waals surface area contributed by atoms with Crippen molar-refractivity contribution in [3.8, 4) is 17.2 Å². The zero-order valence-corrected chi connectivity index (χ0v) is 18.2. The predicted octanol–water partition coefficient (Wildman–Crippen LogP) is 4.14. The van der Waals surface area contributed by atoms with E-state index in [0.29, 0.717) is 27.1 Å². The molecule has 1 fully saturated rings. The van der Waals surface area contributed by atoms with Crippen LogP contribution < -0.4 is 19.5 Å². The van der Waals surface area contributed by atoms with E-state index in [0.717, 1.165) is 16.8 Å². The van der Waals surface area contributed by atoms with Crippen molar-refractivity contribution in [2.24, 2.45) is 4.99 Å². The average molecular weight is 426 g/mol. The lowest BCUT2D eigenvalue weighted by atomic mass is 10.1. The number of methoxy groups -OCH3 is 2. The smallest absolute Gasteiger partial charge is 0.308 e. The highest BCUT2D eigenvalue weighted by molar-refractivity contribution is 8.18. The molecule has 0 bridgehead atoms. The fraction of sp³-hybridized carbons (Fsp3) is 0.227. The van der Waals surface area contributed by atoms with Crippen molar-refractivity contribution < 1.29 is 23.8 Å². The van der Waals surface area contributed by atoms with Crippen molar-refractivity contribution in [2.75, 3.05) is 14.2 Å². The summed E-state index contributed by atoms with van der Waals surface area (Å²) in [4.78, 5) is 28.9. The number of ether oxygens (including phenoxy) is 3. The van der Waals surface area contributed by atoms with E-state index in [2.05, 4.69) is 10.3 Å². The summed E-state index contributed by atoms with van der Waals surface area (Å²) >= 11 is 1.25. The zero-order chi connectivity index (χ0) is 21.8. The Morgan fingerprint density at radius 2 is 1.77 bits per heavy atom. The van der Waals surface area contributed by atoms with E-state index in [1.54, 1.807) is 18.2 Å². The number of benzene rings is 2. The highest BCUT2D eigenvalue weighted by Crippen LogP contribution is 2.40. The summed E-state index contributed by atoms with van der Waals surface area (Å²) in [5, 5.41) is 3.30. The van der Waals surface area contributed by atoms with Crippen molar-refractivity contribution in [1.29, 1.82) is 0 Å². The second-order valence-corrected chi connectivity index (χ2v) is 7.65. The molecule has 0 aliphatic carbocycles. The molecule has 1 aliphatic rings. The van der Waals surface area contributed by atoms with Gasteiger partial charge in [0, 0.05) is 6.92 Å². The van der Waals surface area contributed by atoms with Crippen LogP contribution in [-0.2, 0) is 9.59 Å². The third kappa shape index (κ3) is 4.83. The third-order valence-corrected chi connectivity index (χ3v) is 5.17. The second kappa shape index (κ2) is 9.04. The summed E-state index contributed by atoms with van der Waals surface area (Å²) in [5.41, 5.74) is 3.59. The van der Waals surface area contributed by atoms with E-state index in [-0.39, 0.29) is 11.7 Å². The number of hydrogen-bond acceptors (Lipinski definition) is 7. The number of hydrogen-bond donors (Lipinski definition) is 1. The van der Waals surface area contributed by atoms with Gasteiger partial charge in [-0.3, -0.25) is 9.59 Å². The minimum atomic E-state index is -0.490. The number of amides is 1. The normalized spacial score (nSPS) is 16.0. The molecule has 8 heteroatoms. The quantitative estimate of drug-likeness (QED) is 0.439. The Morgan fingerprint density at radius 1 is 1.10 bits per heavy atom. The SMILES string of the molecule is COc1cc(/C=C2\SC(=Nc3cc(C)ccc3C)NC2=O)cc(OC)c1OC(C)=O. The number of thioether (sulfide) groups is 1. The van der Waals surface area contributed by atoms with Crippen LogP contribution in [0.15, 0.2) is 40.2 Å². The molecular formula is C22H22N2O5S. The fourth-order valence-corrected chi connectivity index (χ4v) is 3.64. The molecule has 1 saturated heterocycles. The third-order valence-electron chi connectivity index (χ3n) is 4.26. The highest BCUT2D eigenvalue weighted by atomic mass is 32.2. The maximum Gasteiger partial charge on any atom is 0.308 e. The Bertz CT molecular complexity index is 1050. The number of aliphatic imine (C=N–C) groups is 1. The van der Waals surface area contributed by atoms with Crippen LogP contribution in [-0.4, -0.2) is 31.3 Å². The number of nitrogens with one attached hydrogen (secondary N) is 1. The molecule has 1 heterocycles. The summed E-state index contributed by atoms with van der Waals surface area (Å²) < 4.78 is 15.9. The van der Waals surface area contributed by atoms with Crippen molar-refractivity contribution in [3.05, 3.63) is 51.9 Å². The molecule has 156 valence electrons. The van der Waals surface area contributed by atoms with E-state index in [1.165, 1.54) is 32.9 Å². The minimum absolute atomic E-state index is 0.190. The van der Waals surface area contributed by atoms with Crippen LogP contribution in [0.4, 0.5) is 5.69 Å². The van der Waals surface area contributed by atoms with Gasteiger partial charge in [0.2, 0.25) is 5.75 Å². The average Bonchev–Trinajstić information content (AvgIpc) is 3.03. The molecule has 0 spiro atoms. The maximum atomic E-state index is 12.4. The molecular weight excluding hydrogens is 404 g/mol. The van der Waals surface area contributed by atoms with Gasteiger partial charge in [0.05, 0.1) is 24.8 Å². The molecule has 0 saturated carbocycles. The number of nitrogens with zero attached hydrogens (tertiary/aromatic N) is 1. The minimum Gasteiger partial charge on any atom is -0.493 e. The van der Waals surface area contributed by atoms with E-state index in [4.69, 9.17) is 14.2 Å². The molecule has 0 aromatic heterocycles. The van der Waals surface area contributed by atoms with Crippen LogP contribution >= 0.6 is 11.8 Å². The van der Waals surface area contributed by atoms with Gasteiger partial charge in [0.25, 0.3) is 5.91 Å². The second-order valence-electron chi connectivity index (χ2n) is 6.62. The van der Waals surface area contributed by atoms with Crippen molar-refractivity contribution >= 4 is 40.6 Å². The lowest BCUT2D eigenvalue weighted by Crippen LogP contribution is -2.19. The number of aryl methyl sites for hydroxylation is 2. The van der Waals surface area contributed by atoms with Gasteiger partial charge in [0.15, 0.2) is 16.7 Å². The van der Waals surface area contributed by atoms with E-state index < -0.39 is 5.97 Å². The van der Waals surface area contributed by atoms with Crippen LogP contribution in [0.3, 0.4) is 0 Å². The summed E-state index contributed by atoms with van der Waals surface area (Å²) in [5.74, 6) is 0.102. The molecule has 0 radical (unpaired) electrons. The van der Waals surface area contributed by atoms with Gasteiger partial charge in [0.1, 0.15) is 0 Å². The first-order chi connectivity index (χ1) is 14.3. The van der Waals surface area contributed by atoms with Crippen molar-refractivity contribution in [3.63, 3.8) is 0 Å². The van der Waals surface area contributed by atoms with Gasteiger partial charge in [-0.05, 0) is 66.6 Å². The van der Waals surface area contributed by atoms with Gasteiger partial charge < -0.3 is 19.5 Å². The monoisotopic (exact) mass is 426 g/mol. The first-order valence-corrected chi connectivity index (χ1v) is 9.93. The molecule has 0 atom stereocenters. The number of rotatable bonds is 5. The Balaban J connectivity index is 1.93. The molecule has 30 heavy (non-hydrogen) atoms. The Hall–Kier alpha value is -3.26. The van der Waals surface area contributed by atoms with Crippen LogP contribution in [0, 0.1) is 13.8 Å². The fourth-order valence-electron chi connectivity index (χ4n) is 2.81. The largest absolute Gasteiger partial charge is 0.493 e. The van der Waals surface area contributed by atoms with Crippen LogP contribution in [0.5, 0.6) is 17.2 Å². The van der Waals surface area contributed by atoms with E-state index in [1.807, 2.05) is 32.0 Å². The molecule has 3 rings (SSSR count). The Kier molecular flexibility index (Phi) is 6.47. The molecule has 0 unspecified atom stereocenters. The number of esters is 1. The van der Waals surface area contributed by atoms with Gasteiger partial charge >= 0.3 is 5.97 Å². The zero-order valence-electron chi connectivity index (χ0n) is 17.4. The van der Waals surface area contributed by atoms with Crippen LogP contribution in [0.25, 0.3) is 6.08 Å². The summed E-state index contributed by atoms with van der Waals surface area (Å²) in [7, 11) is 2.93. The Morgan fingerprint density at radius 3 is 2.37 bits per heavy atom. The van der Waals surface area contributed by atoms with Crippen molar-refractivity contribution in [1.82, 2.24) is 5.32 Å². The van der Waals surface area contributed by atoms with Crippen LogP contribution in [0.2, 0.25) is 0 Å². The first-order valence-electron chi connectivity index (χ1n) is 9.12. The number of carbonyl (C=O) groups excluding carboxylic acids is 2. The highest BCUT2D eigenvalue weighted by Gasteiger charge is 2.25. The molecule has 2 aromatic carbocycles. The van der Waals surface area contributed by atoms with Gasteiger partial charge in [-0.1, -0.05) is 12.1 Å². The first kappa shape index (κ1) is 21.4. The van der Waals surface area contributed by atoms with E-state index >= 15 is 0 Å². The molecule has 2 aromatic rings. The number of carbonyl (C=O) groups is 2. The Labute approximate surface area is 179 Å². The van der Waals surface area contributed by atoms with Crippen LogP contribution in [0.1, 0.15) is 23.6 Å². The summed E-state index contributed by atoms with van der Waals surface area (Å²) in [6, 6.07) is 9.32. The van der Waals surface area contributed by atoms with E-state index in [9.17, 15) is 9.59 Å². The molecule has 1 aliphatic heterocycles. The van der Waals surface area contributed by atoms with Gasteiger partial charge in [-0.15, -0.1) is 0 Å². The molecule has 7 nitrogen and oxygen atoms in total.